The summed E-state index contributed by atoms with van der Waals surface area (Å²) < 4.78 is 6.35. The van der Waals surface area contributed by atoms with Crippen LogP contribution in [0.15, 0.2) is 28.7 Å². The fraction of sp³-hybridized carbons (Fsp3) is 0.625. The van der Waals surface area contributed by atoms with Crippen LogP contribution in [-0.4, -0.2) is 26.8 Å². The highest BCUT2D eigenvalue weighted by Gasteiger charge is 2.11. The largest absolute Gasteiger partial charge is 0.385 e. The molecule has 0 aromatic heterocycles. The van der Waals surface area contributed by atoms with Gasteiger partial charge >= 0.3 is 0 Å². The maximum atomic E-state index is 5.12. The van der Waals surface area contributed by atoms with Crippen molar-refractivity contribution in [2.24, 2.45) is 5.92 Å². The molecule has 108 valence electrons. The van der Waals surface area contributed by atoms with Gasteiger partial charge in [0, 0.05) is 18.2 Å². The Morgan fingerprint density at radius 2 is 2.05 bits per heavy atom. The van der Waals surface area contributed by atoms with Crippen molar-refractivity contribution in [2.75, 3.05) is 26.8 Å². The summed E-state index contributed by atoms with van der Waals surface area (Å²) in [6, 6.07) is 8.55. The second-order valence-electron chi connectivity index (χ2n) is 4.96. The zero-order chi connectivity index (χ0) is 13.9. The number of methoxy groups -OCH3 is 1. The van der Waals surface area contributed by atoms with E-state index in [2.05, 4.69) is 52.4 Å². The van der Waals surface area contributed by atoms with Crippen LogP contribution in [0.4, 0.5) is 0 Å². The lowest BCUT2D eigenvalue weighted by atomic mass is 9.94. The van der Waals surface area contributed by atoms with E-state index in [1.807, 2.05) is 0 Å². The summed E-state index contributed by atoms with van der Waals surface area (Å²) in [7, 11) is 1.78. The molecule has 0 aliphatic heterocycles. The molecule has 0 aliphatic carbocycles. The standard InChI is InChI=1S/C16H26BrNO/c1-3-18-13-14(8-6-7-11-19-2)12-15-9-4-5-10-16(15)17/h4-5,9-10,14,18H,3,6-8,11-13H2,1-2H3. The molecule has 19 heavy (non-hydrogen) atoms. The van der Waals surface area contributed by atoms with Crippen LogP contribution in [0.2, 0.25) is 0 Å². The zero-order valence-corrected chi connectivity index (χ0v) is 13.7. The van der Waals surface area contributed by atoms with Gasteiger partial charge in [0.1, 0.15) is 0 Å². The molecule has 0 saturated carbocycles. The van der Waals surface area contributed by atoms with Gasteiger partial charge in [-0.15, -0.1) is 0 Å². The van der Waals surface area contributed by atoms with Crippen LogP contribution in [0.1, 0.15) is 31.7 Å². The van der Waals surface area contributed by atoms with E-state index < -0.39 is 0 Å². The highest BCUT2D eigenvalue weighted by atomic mass is 79.9. The van der Waals surface area contributed by atoms with E-state index in [0.717, 1.165) is 32.5 Å². The Morgan fingerprint density at radius 1 is 1.26 bits per heavy atom. The quantitative estimate of drug-likeness (QED) is 0.655. The number of hydrogen-bond donors (Lipinski definition) is 1. The van der Waals surface area contributed by atoms with Gasteiger partial charge in [-0.1, -0.05) is 47.5 Å². The molecule has 0 saturated heterocycles. The van der Waals surface area contributed by atoms with E-state index >= 15 is 0 Å². The Bertz CT molecular complexity index is 343. The van der Waals surface area contributed by atoms with Crippen molar-refractivity contribution in [3.63, 3.8) is 0 Å². The summed E-state index contributed by atoms with van der Waals surface area (Å²) in [6.07, 6.45) is 4.81. The molecule has 1 N–H and O–H groups in total. The van der Waals surface area contributed by atoms with Crippen LogP contribution in [0.25, 0.3) is 0 Å². The molecular formula is C16H26BrNO. The monoisotopic (exact) mass is 327 g/mol. The Balaban J connectivity index is 2.46. The van der Waals surface area contributed by atoms with Crippen LogP contribution in [0, 0.1) is 5.92 Å². The van der Waals surface area contributed by atoms with Gasteiger partial charge in [-0.25, -0.2) is 0 Å². The van der Waals surface area contributed by atoms with Gasteiger partial charge in [-0.3, -0.25) is 0 Å². The molecule has 0 amide bonds. The summed E-state index contributed by atoms with van der Waals surface area (Å²) in [6.45, 7) is 5.19. The van der Waals surface area contributed by atoms with Gasteiger partial charge in [-0.2, -0.15) is 0 Å². The van der Waals surface area contributed by atoms with Gasteiger partial charge in [0.05, 0.1) is 0 Å². The molecule has 1 unspecified atom stereocenters. The van der Waals surface area contributed by atoms with Crippen LogP contribution in [-0.2, 0) is 11.2 Å². The van der Waals surface area contributed by atoms with Crippen LogP contribution < -0.4 is 5.32 Å². The molecule has 0 heterocycles. The summed E-state index contributed by atoms with van der Waals surface area (Å²) >= 11 is 3.65. The topological polar surface area (TPSA) is 21.3 Å². The fourth-order valence-electron chi connectivity index (χ4n) is 2.28. The van der Waals surface area contributed by atoms with E-state index in [1.54, 1.807) is 7.11 Å². The molecule has 0 spiro atoms. The van der Waals surface area contributed by atoms with Crippen molar-refractivity contribution < 1.29 is 4.74 Å². The van der Waals surface area contributed by atoms with Crippen molar-refractivity contribution in [2.45, 2.75) is 32.6 Å². The molecular weight excluding hydrogens is 302 g/mol. The Morgan fingerprint density at radius 3 is 2.74 bits per heavy atom. The molecule has 3 heteroatoms. The second kappa shape index (κ2) is 10.4. The second-order valence-corrected chi connectivity index (χ2v) is 5.81. The smallest absolute Gasteiger partial charge is 0.0462 e. The first-order chi connectivity index (χ1) is 9.27. The summed E-state index contributed by atoms with van der Waals surface area (Å²) in [5.41, 5.74) is 1.41. The van der Waals surface area contributed by atoms with Crippen molar-refractivity contribution >= 4 is 15.9 Å². The maximum absolute atomic E-state index is 5.12. The van der Waals surface area contributed by atoms with Crippen molar-refractivity contribution in [1.29, 1.82) is 0 Å². The summed E-state index contributed by atoms with van der Waals surface area (Å²) in [5.74, 6) is 0.704. The molecule has 0 radical (unpaired) electrons. The predicted octanol–water partition coefficient (Wildman–Crippen LogP) is 4.03. The average molecular weight is 328 g/mol. The van der Waals surface area contributed by atoms with E-state index in [9.17, 15) is 0 Å². The minimum Gasteiger partial charge on any atom is -0.385 e. The molecule has 2 nitrogen and oxygen atoms in total. The average Bonchev–Trinajstić information content (AvgIpc) is 2.43. The van der Waals surface area contributed by atoms with Gasteiger partial charge < -0.3 is 10.1 Å². The van der Waals surface area contributed by atoms with Crippen LogP contribution in [0.5, 0.6) is 0 Å². The lowest BCUT2D eigenvalue weighted by molar-refractivity contribution is 0.190. The lowest BCUT2D eigenvalue weighted by Gasteiger charge is -2.18. The number of unbranched alkanes of at least 4 members (excludes halogenated alkanes) is 1. The van der Waals surface area contributed by atoms with E-state index in [1.165, 1.54) is 22.9 Å². The molecule has 0 bridgehead atoms. The predicted molar refractivity (Wildman–Crippen MR) is 85.6 cm³/mol. The lowest BCUT2D eigenvalue weighted by Crippen LogP contribution is -2.24. The zero-order valence-electron chi connectivity index (χ0n) is 12.1. The van der Waals surface area contributed by atoms with Gasteiger partial charge in [0.2, 0.25) is 0 Å². The third-order valence-corrected chi connectivity index (χ3v) is 4.13. The highest BCUT2D eigenvalue weighted by Crippen LogP contribution is 2.21. The number of ether oxygens (including phenoxy) is 1. The van der Waals surface area contributed by atoms with Crippen LogP contribution in [0.3, 0.4) is 0 Å². The van der Waals surface area contributed by atoms with E-state index in [4.69, 9.17) is 4.74 Å². The van der Waals surface area contributed by atoms with Crippen molar-refractivity contribution in [3.05, 3.63) is 34.3 Å². The number of rotatable bonds is 10. The normalized spacial score (nSPS) is 12.6. The van der Waals surface area contributed by atoms with Gasteiger partial charge in [0.25, 0.3) is 0 Å². The number of benzene rings is 1. The number of nitrogens with one attached hydrogen (secondary N) is 1. The Kier molecular flexibility index (Phi) is 9.14. The Hall–Kier alpha value is -0.380. The van der Waals surface area contributed by atoms with E-state index in [0.29, 0.717) is 5.92 Å². The molecule has 0 fully saturated rings. The maximum Gasteiger partial charge on any atom is 0.0462 e. The van der Waals surface area contributed by atoms with Crippen molar-refractivity contribution in [3.8, 4) is 0 Å². The third kappa shape index (κ3) is 7.09. The molecule has 0 aliphatic rings. The van der Waals surface area contributed by atoms with Crippen LogP contribution >= 0.6 is 15.9 Å². The summed E-state index contributed by atoms with van der Waals surface area (Å²) in [5, 5.41) is 3.48. The molecule has 1 aromatic rings. The third-order valence-electron chi connectivity index (χ3n) is 3.36. The SMILES string of the molecule is CCNCC(CCCCOC)Cc1ccccc1Br. The van der Waals surface area contributed by atoms with Gasteiger partial charge in [-0.05, 0) is 49.9 Å². The first-order valence-corrected chi connectivity index (χ1v) is 8.00. The fourth-order valence-corrected chi connectivity index (χ4v) is 2.73. The molecule has 1 rings (SSSR count). The van der Waals surface area contributed by atoms with Crippen molar-refractivity contribution in [1.82, 2.24) is 5.32 Å². The molecule has 1 aromatic carbocycles. The minimum absolute atomic E-state index is 0.704. The first-order valence-electron chi connectivity index (χ1n) is 7.21. The molecule has 1 atom stereocenters. The minimum atomic E-state index is 0.704. The number of hydrogen-bond acceptors (Lipinski definition) is 2. The van der Waals surface area contributed by atoms with E-state index in [-0.39, 0.29) is 0 Å². The van der Waals surface area contributed by atoms with Gasteiger partial charge in [0.15, 0.2) is 0 Å². The summed E-state index contributed by atoms with van der Waals surface area (Å²) in [4.78, 5) is 0. The highest BCUT2D eigenvalue weighted by molar-refractivity contribution is 9.10. The Labute approximate surface area is 126 Å². The first kappa shape index (κ1) is 16.7. The number of halogens is 1.